The Morgan fingerprint density at radius 3 is 2.45 bits per heavy atom. The van der Waals surface area contributed by atoms with Gasteiger partial charge in [0.25, 0.3) is 0 Å². The van der Waals surface area contributed by atoms with Crippen LogP contribution in [-0.4, -0.2) is 6.54 Å². The Balaban J connectivity index is 2.85. The van der Waals surface area contributed by atoms with Gasteiger partial charge >= 0.3 is 0 Å². The van der Waals surface area contributed by atoms with Gasteiger partial charge in [0.1, 0.15) is 0 Å². The third-order valence-corrected chi connectivity index (χ3v) is 1.41. The minimum atomic E-state index is 0.473. The first kappa shape index (κ1) is 7.62. The first-order valence-corrected chi connectivity index (χ1v) is 3.40. The van der Waals surface area contributed by atoms with E-state index in [1.165, 1.54) is 4.90 Å². The average Bonchev–Trinajstić information content (AvgIpc) is 2.09. The molecule has 0 atom stereocenters. The molecule has 1 aromatic carbocycles. The van der Waals surface area contributed by atoms with Gasteiger partial charge in [-0.3, -0.25) is 4.90 Å². The van der Waals surface area contributed by atoms with E-state index in [-0.39, 0.29) is 0 Å². The number of hydrogen-bond donors (Lipinski definition) is 0. The zero-order valence-electron chi connectivity index (χ0n) is 6.20. The maximum atomic E-state index is 8.62. The fraction of sp³-hybridized carbons (Fsp3) is 0.111. The van der Waals surface area contributed by atoms with Gasteiger partial charge in [-0.2, -0.15) is 5.26 Å². The number of anilines is 1. The number of benzene rings is 1. The monoisotopic (exact) mass is 145 g/mol. The van der Waals surface area contributed by atoms with E-state index < -0.39 is 0 Å². The maximum Gasteiger partial charge on any atom is 0.184 e. The molecule has 0 saturated carbocycles. The van der Waals surface area contributed by atoms with E-state index in [1.54, 1.807) is 0 Å². The normalized spacial score (nSPS) is 8.73. The van der Waals surface area contributed by atoms with Crippen molar-refractivity contribution in [3.8, 4) is 6.19 Å². The molecule has 0 aromatic heterocycles. The van der Waals surface area contributed by atoms with Crippen molar-refractivity contribution in [2.24, 2.45) is 0 Å². The largest absolute Gasteiger partial charge is 0.279 e. The van der Waals surface area contributed by atoms with Crippen molar-refractivity contribution in [3.05, 3.63) is 37.3 Å². The molecule has 0 fully saturated rings. The second kappa shape index (κ2) is 3.62. The molecule has 55 valence electrons. The van der Waals surface area contributed by atoms with Crippen LogP contribution in [0.5, 0.6) is 0 Å². The predicted molar refractivity (Wildman–Crippen MR) is 44.8 cm³/mol. The summed E-state index contributed by atoms with van der Waals surface area (Å²) in [5.74, 6) is 0. The second-order valence-electron chi connectivity index (χ2n) is 2.09. The summed E-state index contributed by atoms with van der Waals surface area (Å²) in [7, 11) is 0. The molecular formula is C9H9N2. The zero-order valence-corrected chi connectivity index (χ0v) is 6.20. The summed E-state index contributed by atoms with van der Waals surface area (Å²) in [6.45, 7) is 4.11. The third-order valence-electron chi connectivity index (χ3n) is 1.41. The van der Waals surface area contributed by atoms with E-state index in [0.29, 0.717) is 6.54 Å². The Kier molecular flexibility index (Phi) is 2.51. The number of hydrogen-bond acceptors (Lipinski definition) is 2. The first-order chi connectivity index (χ1) is 5.38. The van der Waals surface area contributed by atoms with E-state index in [2.05, 4.69) is 6.92 Å². The molecule has 1 aromatic rings. The van der Waals surface area contributed by atoms with Crippen LogP contribution in [0.3, 0.4) is 0 Å². The lowest BCUT2D eigenvalue weighted by molar-refractivity contribution is 1.10. The molecule has 0 N–H and O–H groups in total. The van der Waals surface area contributed by atoms with Crippen molar-refractivity contribution < 1.29 is 0 Å². The summed E-state index contributed by atoms with van der Waals surface area (Å²) < 4.78 is 0. The SMILES string of the molecule is [CH2]CN(C#N)c1ccccc1. The van der Waals surface area contributed by atoms with Crippen molar-refractivity contribution in [2.75, 3.05) is 11.4 Å². The number of para-hydroxylation sites is 1. The molecule has 0 saturated heterocycles. The fourth-order valence-corrected chi connectivity index (χ4v) is 0.845. The van der Waals surface area contributed by atoms with E-state index in [1.807, 2.05) is 36.5 Å². The van der Waals surface area contributed by atoms with Crippen LogP contribution in [-0.2, 0) is 0 Å². The third kappa shape index (κ3) is 1.71. The number of nitriles is 1. The molecular weight excluding hydrogens is 136 g/mol. The molecule has 0 amide bonds. The zero-order chi connectivity index (χ0) is 8.10. The highest BCUT2D eigenvalue weighted by Crippen LogP contribution is 2.10. The second-order valence-corrected chi connectivity index (χ2v) is 2.09. The van der Waals surface area contributed by atoms with Gasteiger partial charge in [0.15, 0.2) is 6.19 Å². The molecule has 0 heterocycles. The van der Waals surface area contributed by atoms with Crippen LogP contribution in [0.15, 0.2) is 30.3 Å². The summed E-state index contributed by atoms with van der Waals surface area (Å²) in [6, 6.07) is 9.48. The highest BCUT2D eigenvalue weighted by Gasteiger charge is 1.98. The minimum Gasteiger partial charge on any atom is -0.279 e. The van der Waals surface area contributed by atoms with Crippen LogP contribution < -0.4 is 4.90 Å². The summed E-state index contributed by atoms with van der Waals surface area (Å²) in [5, 5.41) is 8.62. The topological polar surface area (TPSA) is 27.0 Å². The molecule has 2 nitrogen and oxygen atoms in total. The predicted octanol–water partition coefficient (Wildman–Crippen LogP) is 1.81. The molecule has 0 aliphatic heterocycles. The Morgan fingerprint density at radius 2 is 2.00 bits per heavy atom. The molecule has 0 aliphatic carbocycles. The van der Waals surface area contributed by atoms with Crippen molar-refractivity contribution >= 4 is 5.69 Å². The van der Waals surface area contributed by atoms with E-state index in [4.69, 9.17) is 5.26 Å². The van der Waals surface area contributed by atoms with E-state index in [9.17, 15) is 0 Å². The van der Waals surface area contributed by atoms with Gasteiger partial charge in [-0.05, 0) is 19.1 Å². The summed E-state index contributed by atoms with van der Waals surface area (Å²) in [4.78, 5) is 1.53. The lowest BCUT2D eigenvalue weighted by Crippen LogP contribution is -2.14. The Morgan fingerprint density at radius 1 is 1.36 bits per heavy atom. The number of nitrogens with zero attached hydrogens (tertiary/aromatic N) is 2. The molecule has 0 unspecified atom stereocenters. The molecule has 1 radical (unpaired) electrons. The maximum absolute atomic E-state index is 8.62. The van der Waals surface area contributed by atoms with Gasteiger partial charge in [0.05, 0.1) is 5.69 Å². The van der Waals surface area contributed by atoms with Crippen molar-refractivity contribution in [1.82, 2.24) is 0 Å². The molecule has 1 rings (SSSR count). The van der Waals surface area contributed by atoms with Gasteiger partial charge < -0.3 is 0 Å². The number of rotatable bonds is 2. The van der Waals surface area contributed by atoms with Crippen LogP contribution in [0.25, 0.3) is 0 Å². The highest BCUT2D eigenvalue weighted by molar-refractivity contribution is 5.49. The Labute approximate surface area is 66.7 Å². The lowest BCUT2D eigenvalue weighted by atomic mass is 10.3. The molecule has 11 heavy (non-hydrogen) atoms. The van der Waals surface area contributed by atoms with Crippen molar-refractivity contribution in [3.63, 3.8) is 0 Å². The molecule has 0 aliphatic rings. The Hall–Kier alpha value is -1.49. The van der Waals surface area contributed by atoms with Crippen LogP contribution in [0.4, 0.5) is 5.69 Å². The lowest BCUT2D eigenvalue weighted by Gasteiger charge is -2.11. The molecule has 0 spiro atoms. The standard InChI is InChI=1S/C9H9N2/c1-2-11(8-10)9-6-4-3-5-7-9/h3-7H,1-2H2. The van der Waals surface area contributed by atoms with Crippen molar-refractivity contribution in [2.45, 2.75) is 0 Å². The van der Waals surface area contributed by atoms with E-state index >= 15 is 0 Å². The van der Waals surface area contributed by atoms with Gasteiger partial charge in [-0.25, -0.2) is 0 Å². The van der Waals surface area contributed by atoms with E-state index in [0.717, 1.165) is 5.69 Å². The molecule has 2 heteroatoms. The van der Waals surface area contributed by atoms with Crippen molar-refractivity contribution in [1.29, 1.82) is 5.26 Å². The van der Waals surface area contributed by atoms with Crippen LogP contribution in [0.1, 0.15) is 0 Å². The fourth-order valence-electron chi connectivity index (χ4n) is 0.845. The average molecular weight is 145 g/mol. The summed E-state index contributed by atoms with van der Waals surface area (Å²) >= 11 is 0. The highest BCUT2D eigenvalue weighted by atomic mass is 15.1. The minimum absolute atomic E-state index is 0.473. The smallest absolute Gasteiger partial charge is 0.184 e. The van der Waals surface area contributed by atoms with Gasteiger partial charge in [-0.1, -0.05) is 18.2 Å². The quantitative estimate of drug-likeness (QED) is 0.468. The van der Waals surface area contributed by atoms with Gasteiger partial charge in [0.2, 0.25) is 0 Å². The van der Waals surface area contributed by atoms with Crippen LogP contribution >= 0.6 is 0 Å². The molecule has 0 bridgehead atoms. The summed E-state index contributed by atoms with van der Waals surface area (Å²) in [5.41, 5.74) is 0.894. The Bertz CT molecular complexity index is 248. The van der Waals surface area contributed by atoms with Crippen LogP contribution in [0, 0.1) is 18.4 Å². The van der Waals surface area contributed by atoms with Gasteiger partial charge in [-0.15, -0.1) is 0 Å². The first-order valence-electron chi connectivity index (χ1n) is 3.40. The summed E-state index contributed by atoms with van der Waals surface area (Å²) in [6.07, 6.45) is 2.04. The van der Waals surface area contributed by atoms with Crippen LogP contribution in [0.2, 0.25) is 0 Å². The van der Waals surface area contributed by atoms with Gasteiger partial charge in [0, 0.05) is 6.54 Å².